The Labute approximate surface area is 104 Å². The molecule has 0 unspecified atom stereocenters. The highest BCUT2D eigenvalue weighted by Crippen LogP contribution is 2.17. The summed E-state index contributed by atoms with van der Waals surface area (Å²) in [7, 11) is 0. The summed E-state index contributed by atoms with van der Waals surface area (Å²) in [5.41, 5.74) is 1.88. The highest BCUT2D eigenvalue weighted by Gasteiger charge is 2.16. The Morgan fingerprint density at radius 1 is 1.56 bits per heavy atom. The number of rotatable bonds is 2. The smallest absolute Gasteiger partial charge is 0.276 e. The van der Waals surface area contributed by atoms with E-state index < -0.39 is 0 Å². The quantitative estimate of drug-likeness (QED) is 0.875. The van der Waals surface area contributed by atoms with Crippen LogP contribution in [0.25, 0.3) is 11.7 Å². The van der Waals surface area contributed by atoms with Gasteiger partial charge in [0.15, 0.2) is 5.65 Å². The number of fused-ring (bicyclic) bond motifs is 1. The van der Waals surface area contributed by atoms with Crippen LogP contribution >= 0.6 is 0 Å². The first-order chi connectivity index (χ1) is 8.60. The molecule has 0 saturated heterocycles. The summed E-state index contributed by atoms with van der Waals surface area (Å²) in [5, 5.41) is 11.7. The summed E-state index contributed by atoms with van der Waals surface area (Å²) in [6, 6.07) is 2.02. The molecule has 2 aromatic rings. The standard InChI is InChI=1S/C13H14N4O/c1-4-5-10-11(8(2)3)13(18)17-12(16-10)9(6-14)7-15-17/h4-5,7-8,15H,1-3H3/b5-4+. The Balaban J connectivity index is 2.93. The van der Waals surface area contributed by atoms with Crippen LogP contribution in [-0.4, -0.2) is 14.6 Å². The van der Waals surface area contributed by atoms with E-state index in [1.54, 1.807) is 6.08 Å². The maximum absolute atomic E-state index is 12.3. The van der Waals surface area contributed by atoms with Crippen molar-refractivity contribution in [2.24, 2.45) is 0 Å². The third-order valence-corrected chi connectivity index (χ3v) is 2.75. The number of aromatic nitrogens is 3. The molecule has 0 atom stereocenters. The van der Waals surface area contributed by atoms with Gasteiger partial charge in [-0.05, 0) is 18.9 Å². The summed E-state index contributed by atoms with van der Waals surface area (Å²) in [4.78, 5) is 16.7. The third-order valence-electron chi connectivity index (χ3n) is 2.75. The molecule has 5 nitrogen and oxygen atoms in total. The highest BCUT2D eigenvalue weighted by molar-refractivity contribution is 5.59. The molecule has 2 aromatic heterocycles. The van der Waals surface area contributed by atoms with Gasteiger partial charge < -0.3 is 0 Å². The zero-order valence-electron chi connectivity index (χ0n) is 10.6. The molecule has 0 fully saturated rings. The summed E-state index contributed by atoms with van der Waals surface area (Å²) in [5.74, 6) is 0.0712. The van der Waals surface area contributed by atoms with E-state index >= 15 is 0 Å². The Hall–Kier alpha value is -2.35. The monoisotopic (exact) mass is 242 g/mol. The first-order valence-corrected chi connectivity index (χ1v) is 5.77. The number of nitrogens with one attached hydrogen (secondary N) is 1. The number of nitrogens with zero attached hydrogens (tertiary/aromatic N) is 3. The van der Waals surface area contributed by atoms with Crippen molar-refractivity contribution in [2.75, 3.05) is 0 Å². The van der Waals surface area contributed by atoms with Gasteiger partial charge in [0.1, 0.15) is 11.6 Å². The molecular formula is C13H14N4O. The van der Waals surface area contributed by atoms with Crippen molar-refractivity contribution >= 4 is 11.7 Å². The van der Waals surface area contributed by atoms with Gasteiger partial charge in [-0.25, -0.2) is 9.50 Å². The number of allylic oxidation sites excluding steroid dienone is 1. The molecule has 0 aliphatic rings. The minimum atomic E-state index is -0.149. The van der Waals surface area contributed by atoms with Gasteiger partial charge in [-0.15, -0.1) is 0 Å². The van der Waals surface area contributed by atoms with Crippen molar-refractivity contribution in [2.45, 2.75) is 26.7 Å². The van der Waals surface area contributed by atoms with Gasteiger partial charge >= 0.3 is 0 Å². The predicted octanol–water partition coefficient (Wildman–Crippen LogP) is 2.05. The lowest BCUT2D eigenvalue weighted by Gasteiger charge is -2.08. The fourth-order valence-corrected chi connectivity index (χ4v) is 1.95. The van der Waals surface area contributed by atoms with Gasteiger partial charge in [0.25, 0.3) is 5.56 Å². The molecule has 0 bridgehead atoms. The van der Waals surface area contributed by atoms with Gasteiger partial charge in [0, 0.05) is 11.8 Å². The normalized spacial score (nSPS) is 11.5. The molecular weight excluding hydrogens is 228 g/mol. The lowest BCUT2D eigenvalue weighted by atomic mass is 10.0. The molecule has 0 spiro atoms. The second-order valence-electron chi connectivity index (χ2n) is 4.33. The van der Waals surface area contributed by atoms with Crippen LogP contribution in [0.1, 0.15) is 43.5 Å². The topological polar surface area (TPSA) is 73.9 Å². The summed E-state index contributed by atoms with van der Waals surface area (Å²) < 4.78 is 1.32. The van der Waals surface area contributed by atoms with Crippen LogP contribution in [-0.2, 0) is 0 Å². The molecule has 0 aromatic carbocycles. The Morgan fingerprint density at radius 3 is 2.83 bits per heavy atom. The molecule has 0 amide bonds. The number of H-pyrrole nitrogens is 1. The molecule has 1 N–H and O–H groups in total. The van der Waals surface area contributed by atoms with Crippen LogP contribution in [0.2, 0.25) is 0 Å². The van der Waals surface area contributed by atoms with E-state index in [0.29, 0.717) is 22.5 Å². The van der Waals surface area contributed by atoms with Crippen LogP contribution in [0, 0.1) is 11.3 Å². The van der Waals surface area contributed by atoms with Crippen molar-refractivity contribution in [3.63, 3.8) is 0 Å². The fraction of sp³-hybridized carbons (Fsp3) is 0.308. The van der Waals surface area contributed by atoms with Crippen LogP contribution in [0.4, 0.5) is 0 Å². The maximum atomic E-state index is 12.3. The van der Waals surface area contributed by atoms with Crippen LogP contribution in [0.15, 0.2) is 17.1 Å². The second kappa shape index (κ2) is 4.49. The molecule has 2 rings (SSSR count). The Kier molecular flexibility index (Phi) is 3.02. The summed E-state index contributed by atoms with van der Waals surface area (Å²) in [6.07, 6.45) is 5.13. The van der Waals surface area contributed by atoms with E-state index in [4.69, 9.17) is 5.26 Å². The fourth-order valence-electron chi connectivity index (χ4n) is 1.95. The molecule has 5 heteroatoms. The zero-order chi connectivity index (χ0) is 13.3. The Bertz CT molecular complexity index is 713. The largest absolute Gasteiger partial charge is 0.295 e. The van der Waals surface area contributed by atoms with Crippen molar-refractivity contribution < 1.29 is 0 Å². The van der Waals surface area contributed by atoms with Crippen molar-refractivity contribution in [1.29, 1.82) is 5.26 Å². The Morgan fingerprint density at radius 2 is 2.28 bits per heavy atom. The minimum absolute atomic E-state index is 0.0712. The predicted molar refractivity (Wildman–Crippen MR) is 69.3 cm³/mol. The summed E-state index contributed by atoms with van der Waals surface area (Å²) in [6.45, 7) is 5.77. The van der Waals surface area contributed by atoms with Crippen LogP contribution in [0.3, 0.4) is 0 Å². The minimum Gasteiger partial charge on any atom is -0.295 e. The number of hydrogen-bond donors (Lipinski definition) is 1. The summed E-state index contributed by atoms with van der Waals surface area (Å²) >= 11 is 0. The number of nitriles is 1. The molecule has 18 heavy (non-hydrogen) atoms. The zero-order valence-corrected chi connectivity index (χ0v) is 10.6. The van der Waals surface area contributed by atoms with Gasteiger partial charge in [-0.3, -0.25) is 9.89 Å². The first kappa shape index (κ1) is 12.1. The molecule has 0 aliphatic carbocycles. The number of hydrogen-bond acceptors (Lipinski definition) is 3. The average Bonchev–Trinajstić information content (AvgIpc) is 2.72. The van der Waals surface area contributed by atoms with Crippen molar-refractivity contribution in [1.82, 2.24) is 14.6 Å². The van der Waals surface area contributed by atoms with E-state index in [-0.39, 0.29) is 11.5 Å². The van der Waals surface area contributed by atoms with Gasteiger partial charge in [-0.1, -0.05) is 19.9 Å². The van der Waals surface area contributed by atoms with E-state index in [9.17, 15) is 4.79 Å². The van der Waals surface area contributed by atoms with Crippen molar-refractivity contribution in [3.05, 3.63) is 39.4 Å². The highest BCUT2D eigenvalue weighted by atomic mass is 16.1. The van der Waals surface area contributed by atoms with E-state index in [0.717, 1.165) is 0 Å². The SMILES string of the molecule is C/C=C/c1nc2c(C#N)c[nH]n2c(=O)c1C(C)C. The molecule has 92 valence electrons. The third kappa shape index (κ3) is 1.72. The van der Waals surface area contributed by atoms with Gasteiger partial charge in [0.2, 0.25) is 0 Å². The lowest BCUT2D eigenvalue weighted by Crippen LogP contribution is -2.22. The second-order valence-corrected chi connectivity index (χ2v) is 4.33. The molecule has 0 aliphatic heterocycles. The average molecular weight is 242 g/mol. The van der Waals surface area contributed by atoms with Crippen molar-refractivity contribution in [3.8, 4) is 6.07 Å². The van der Waals surface area contributed by atoms with E-state index in [2.05, 4.69) is 10.1 Å². The van der Waals surface area contributed by atoms with Gasteiger partial charge in [-0.2, -0.15) is 5.26 Å². The van der Waals surface area contributed by atoms with Gasteiger partial charge in [0.05, 0.1) is 5.69 Å². The van der Waals surface area contributed by atoms with Crippen LogP contribution < -0.4 is 5.56 Å². The van der Waals surface area contributed by atoms with E-state index in [1.807, 2.05) is 32.9 Å². The van der Waals surface area contributed by atoms with E-state index in [1.165, 1.54) is 10.7 Å². The molecule has 0 radical (unpaired) electrons. The number of aromatic amines is 1. The first-order valence-electron chi connectivity index (χ1n) is 5.77. The molecule has 0 saturated carbocycles. The maximum Gasteiger partial charge on any atom is 0.276 e. The van der Waals surface area contributed by atoms with Crippen LogP contribution in [0.5, 0.6) is 0 Å². The lowest BCUT2D eigenvalue weighted by molar-refractivity contribution is 0.790. The molecule has 2 heterocycles.